The third-order valence-corrected chi connectivity index (χ3v) is 2.42. The summed E-state index contributed by atoms with van der Waals surface area (Å²) in [4.78, 5) is 13.8. The molecular weight excluding hydrogens is 218 g/mol. The highest BCUT2D eigenvalue weighted by atomic mass is 16.1. The maximum absolute atomic E-state index is 11.8. The number of benzene rings is 1. The molecule has 0 bridgehead atoms. The average molecular weight is 233 g/mol. The summed E-state index contributed by atoms with van der Waals surface area (Å²) in [5.41, 5.74) is 2.06. The molecule has 90 valence electrons. The van der Waals surface area contributed by atoms with Crippen LogP contribution in [0.2, 0.25) is 0 Å². The molecule has 6 nitrogen and oxygen atoms in total. The molecule has 1 amide bonds. The van der Waals surface area contributed by atoms with Gasteiger partial charge in [0.05, 0.1) is 0 Å². The number of carbonyl (C=O) groups excluding carboxylic acids is 1. The summed E-state index contributed by atoms with van der Waals surface area (Å²) in [6, 6.07) is 5.25. The average Bonchev–Trinajstić information content (AvgIpc) is 2.75. The minimum Gasteiger partial charge on any atom is -0.351 e. The number of rotatable bonds is 4. The maximum Gasteiger partial charge on any atom is 0.251 e. The van der Waals surface area contributed by atoms with Crippen LogP contribution in [0.3, 0.4) is 0 Å². The van der Waals surface area contributed by atoms with Crippen LogP contribution >= 0.6 is 0 Å². The molecule has 0 unspecified atom stereocenters. The van der Waals surface area contributed by atoms with Gasteiger partial charge < -0.3 is 10.2 Å². The van der Waals surface area contributed by atoms with Gasteiger partial charge in [-0.25, -0.2) is 0 Å². The fourth-order valence-electron chi connectivity index (χ4n) is 1.48. The van der Waals surface area contributed by atoms with Crippen LogP contribution in [0.5, 0.6) is 0 Å². The number of carbonyl (C=O) groups is 1. The number of fused-ring (bicyclic) bond motifs is 1. The largest absolute Gasteiger partial charge is 0.351 e. The third-order valence-electron chi connectivity index (χ3n) is 2.42. The molecule has 0 aliphatic rings. The highest BCUT2D eigenvalue weighted by molar-refractivity contribution is 5.97. The van der Waals surface area contributed by atoms with Crippen LogP contribution in [0.25, 0.3) is 11.0 Å². The predicted octanol–water partition coefficient (Wildman–Crippen LogP) is 0.249. The van der Waals surface area contributed by atoms with Gasteiger partial charge in [0.25, 0.3) is 5.91 Å². The minimum atomic E-state index is -0.0863. The van der Waals surface area contributed by atoms with E-state index in [2.05, 4.69) is 20.7 Å². The third kappa shape index (κ3) is 2.79. The standard InChI is InChI=1S/C11H15N5O/c1-16(2)6-5-12-11(17)8-3-4-9-10(7-8)14-15-13-9/h3-4,7H,5-6H2,1-2H3,(H,12,17)(H,13,14,15). The topological polar surface area (TPSA) is 73.9 Å². The van der Waals surface area contributed by atoms with E-state index in [9.17, 15) is 4.79 Å². The molecule has 0 saturated carbocycles. The molecule has 1 aromatic carbocycles. The molecule has 6 heteroatoms. The van der Waals surface area contributed by atoms with Gasteiger partial charge in [0.15, 0.2) is 0 Å². The van der Waals surface area contributed by atoms with Crippen molar-refractivity contribution >= 4 is 16.9 Å². The van der Waals surface area contributed by atoms with E-state index in [1.165, 1.54) is 0 Å². The molecule has 0 fully saturated rings. The van der Waals surface area contributed by atoms with E-state index in [0.29, 0.717) is 17.6 Å². The molecule has 2 rings (SSSR count). The molecule has 0 aliphatic heterocycles. The Labute approximate surface area is 99.0 Å². The van der Waals surface area contributed by atoms with Crippen LogP contribution in [0.1, 0.15) is 10.4 Å². The smallest absolute Gasteiger partial charge is 0.251 e. The Morgan fingerprint density at radius 2 is 2.12 bits per heavy atom. The molecule has 0 aliphatic carbocycles. The van der Waals surface area contributed by atoms with E-state index in [4.69, 9.17) is 0 Å². The van der Waals surface area contributed by atoms with Crippen LogP contribution in [-0.4, -0.2) is 53.4 Å². The Kier molecular flexibility index (Phi) is 3.34. The van der Waals surface area contributed by atoms with E-state index < -0.39 is 0 Å². The van der Waals surface area contributed by atoms with Crippen molar-refractivity contribution in [2.75, 3.05) is 27.2 Å². The highest BCUT2D eigenvalue weighted by Gasteiger charge is 2.07. The van der Waals surface area contributed by atoms with Crippen LogP contribution in [0, 0.1) is 0 Å². The zero-order chi connectivity index (χ0) is 12.3. The molecule has 0 atom stereocenters. The quantitative estimate of drug-likeness (QED) is 0.794. The number of nitrogens with zero attached hydrogens (tertiary/aromatic N) is 3. The fourth-order valence-corrected chi connectivity index (χ4v) is 1.48. The Morgan fingerprint density at radius 3 is 2.88 bits per heavy atom. The van der Waals surface area contributed by atoms with Crippen molar-refractivity contribution in [3.63, 3.8) is 0 Å². The summed E-state index contributed by atoms with van der Waals surface area (Å²) in [5.74, 6) is -0.0863. The summed E-state index contributed by atoms with van der Waals surface area (Å²) in [6.45, 7) is 1.45. The van der Waals surface area contributed by atoms with Crippen molar-refractivity contribution < 1.29 is 4.79 Å². The highest BCUT2D eigenvalue weighted by Crippen LogP contribution is 2.10. The van der Waals surface area contributed by atoms with Gasteiger partial charge in [0.2, 0.25) is 0 Å². The zero-order valence-corrected chi connectivity index (χ0v) is 9.90. The lowest BCUT2D eigenvalue weighted by Crippen LogP contribution is -2.31. The molecule has 1 aromatic heterocycles. The van der Waals surface area contributed by atoms with Gasteiger partial charge in [-0.3, -0.25) is 4.79 Å². The molecule has 0 saturated heterocycles. The van der Waals surface area contributed by atoms with Crippen molar-refractivity contribution in [3.8, 4) is 0 Å². The number of amides is 1. The van der Waals surface area contributed by atoms with Crippen molar-refractivity contribution in [2.45, 2.75) is 0 Å². The maximum atomic E-state index is 11.8. The summed E-state index contributed by atoms with van der Waals surface area (Å²) < 4.78 is 0. The van der Waals surface area contributed by atoms with Crippen LogP contribution in [-0.2, 0) is 0 Å². The van der Waals surface area contributed by atoms with Crippen LogP contribution < -0.4 is 5.32 Å². The van der Waals surface area contributed by atoms with E-state index in [0.717, 1.165) is 12.1 Å². The van der Waals surface area contributed by atoms with Crippen molar-refractivity contribution in [1.29, 1.82) is 0 Å². The number of hydrogen-bond acceptors (Lipinski definition) is 4. The Hall–Kier alpha value is -1.95. The molecule has 0 radical (unpaired) electrons. The first-order chi connectivity index (χ1) is 8.16. The lowest BCUT2D eigenvalue weighted by atomic mass is 10.2. The number of likely N-dealkylation sites (N-methyl/N-ethyl adjacent to an activating group) is 1. The normalized spacial score (nSPS) is 11.0. The number of H-pyrrole nitrogens is 1. The van der Waals surface area contributed by atoms with E-state index in [1.54, 1.807) is 18.2 Å². The second kappa shape index (κ2) is 4.92. The molecule has 2 aromatic rings. The number of aromatic nitrogens is 3. The SMILES string of the molecule is CN(C)CCNC(=O)c1ccc2n[nH]nc2c1. The monoisotopic (exact) mass is 233 g/mol. The van der Waals surface area contributed by atoms with Crippen molar-refractivity contribution in [1.82, 2.24) is 25.6 Å². The molecule has 0 spiro atoms. The number of nitrogens with one attached hydrogen (secondary N) is 2. The summed E-state index contributed by atoms with van der Waals surface area (Å²) in [6.07, 6.45) is 0. The van der Waals surface area contributed by atoms with Gasteiger partial charge in [-0.05, 0) is 32.3 Å². The number of hydrogen-bond donors (Lipinski definition) is 2. The summed E-state index contributed by atoms with van der Waals surface area (Å²) >= 11 is 0. The lowest BCUT2D eigenvalue weighted by molar-refractivity contribution is 0.0951. The fraction of sp³-hybridized carbons (Fsp3) is 0.364. The first kappa shape index (κ1) is 11.5. The Morgan fingerprint density at radius 1 is 1.35 bits per heavy atom. The van der Waals surface area contributed by atoms with Gasteiger partial charge in [0.1, 0.15) is 11.0 Å². The second-order valence-electron chi connectivity index (χ2n) is 4.09. The molecular formula is C11H15N5O. The predicted molar refractivity (Wildman–Crippen MR) is 64.8 cm³/mol. The van der Waals surface area contributed by atoms with Crippen molar-refractivity contribution in [3.05, 3.63) is 23.8 Å². The minimum absolute atomic E-state index is 0.0863. The van der Waals surface area contributed by atoms with E-state index >= 15 is 0 Å². The molecule has 2 N–H and O–H groups in total. The first-order valence-corrected chi connectivity index (χ1v) is 5.40. The van der Waals surface area contributed by atoms with Gasteiger partial charge in [-0.2, -0.15) is 15.4 Å². The van der Waals surface area contributed by atoms with Gasteiger partial charge in [-0.1, -0.05) is 0 Å². The second-order valence-corrected chi connectivity index (χ2v) is 4.09. The summed E-state index contributed by atoms with van der Waals surface area (Å²) in [7, 11) is 3.93. The van der Waals surface area contributed by atoms with Gasteiger partial charge in [-0.15, -0.1) is 0 Å². The van der Waals surface area contributed by atoms with E-state index in [-0.39, 0.29) is 5.91 Å². The zero-order valence-electron chi connectivity index (χ0n) is 9.90. The molecule has 17 heavy (non-hydrogen) atoms. The van der Waals surface area contributed by atoms with Gasteiger partial charge in [0, 0.05) is 18.7 Å². The number of aromatic amines is 1. The Balaban J connectivity index is 2.03. The Bertz CT molecular complexity index is 519. The van der Waals surface area contributed by atoms with Crippen LogP contribution in [0.15, 0.2) is 18.2 Å². The van der Waals surface area contributed by atoms with Gasteiger partial charge >= 0.3 is 0 Å². The van der Waals surface area contributed by atoms with E-state index in [1.807, 2.05) is 19.0 Å². The van der Waals surface area contributed by atoms with Crippen molar-refractivity contribution in [2.24, 2.45) is 0 Å². The first-order valence-electron chi connectivity index (χ1n) is 5.40. The van der Waals surface area contributed by atoms with Crippen LogP contribution in [0.4, 0.5) is 0 Å². The summed E-state index contributed by atoms with van der Waals surface area (Å²) in [5, 5.41) is 13.2. The lowest BCUT2D eigenvalue weighted by Gasteiger charge is -2.10. The molecule has 1 heterocycles.